The standard InChI is InChI=1S/C10H20N/c1-5-9-11(7-3,8-4)10-6-2/h5-6H,1-2,7-10H2,3-4H3/q+1. The molecule has 11 heavy (non-hydrogen) atoms. The van der Waals surface area contributed by atoms with Gasteiger partial charge in [0.25, 0.3) is 0 Å². The molecule has 0 aromatic heterocycles. The van der Waals surface area contributed by atoms with Crippen molar-refractivity contribution in [3.63, 3.8) is 0 Å². The summed E-state index contributed by atoms with van der Waals surface area (Å²) in [6.45, 7) is 16.4. The Labute approximate surface area is 70.6 Å². The first kappa shape index (κ1) is 10.4. The van der Waals surface area contributed by atoms with Gasteiger partial charge in [0, 0.05) is 0 Å². The number of nitrogens with zero attached hydrogens (tertiary/aromatic N) is 1. The molecule has 0 aromatic carbocycles. The van der Waals surface area contributed by atoms with Gasteiger partial charge in [-0.05, 0) is 26.0 Å². The Morgan fingerprint density at radius 3 is 1.55 bits per heavy atom. The Morgan fingerprint density at radius 2 is 1.36 bits per heavy atom. The second-order valence-electron chi connectivity index (χ2n) is 2.92. The van der Waals surface area contributed by atoms with Crippen molar-refractivity contribution >= 4 is 0 Å². The topological polar surface area (TPSA) is 0 Å². The quantitative estimate of drug-likeness (QED) is 0.406. The van der Waals surface area contributed by atoms with E-state index in [-0.39, 0.29) is 0 Å². The van der Waals surface area contributed by atoms with E-state index in [0.29, 0.717) is 0 Å². The van der Waals surface area contributed by atoms with Gasteiger partial charge >= 0.3 is 0 Å². The Balaban J connectivity index is 4.17. The van der Waals surface area contributed by atoms with E-state index in [1.165, 1.54) is 0 Å². The largest absolute Gasteiger partial charge is 0.318 e. The molecule has 0 aliphatic rings. The highest BCUT2D eigenvalue weighted by Crippen LogP contribution is 2.05. The van der Waals surface area contributed by atoms with Crippen LogP contribution < -0.4 is 0 Å². The molecule has 0 unspecified atom stereocenters. The molecule has 0 N–H and O–H groups in total. The molecule has 0 amide bonds. The van der Waals surface area contributed by atoms with E-state index < -0.39 is 0 Å². The minimum atomic E-state index is 1.05. The summed E-state index contributed by atoms with van der Waals surface area (Å²) in [6.07, 6.45) is 3.99. The van der Waals surface area contributed by atoms with Gasteiger partial charge in [-0.15, -0.1) is 0 Å². The molecule has 0 heterocycles. The lowest BCUT2D eigenvalue weighted by Crippen LogP contribution is -2.47. The van der Waals surface area contributed by atoms with Gasteiger partial charge < -0.3 is 4.48 Å². The lowest BCUT2D eigenvalue weighted by atomic mass is 10.3. The smallest absolute Gasteiger partial charge is 0.0973 e. The molecule has 0 saturated carbocycles. The molecule has 0 saturated heterocycles. The van der Waals surface area contributed by atoms with Gasteiger partial charge in [0.05, 0.1) is 26.2 Å². The molecular formula is C10H20N+. The maximum Gasteiger partial charge on any atom is 0.0973 e. The molecule has 0 aliphatic carbocycles. The van der Waals surface area contributed by atoms with E-state index in [1.54, 1.807) is 0 Å². The molecule has 0 spiro atoms. The third kappa shape index (κ3) is 2.89. The molecule has 0 bridgehead atoms. The zero-order valence-corrected chi connectivity index (χ0v) is 7.84. The average molecular weight is 154 g/mol. The fraction of sp³-hybridized carbons (Fsp3) is 0.600. The molecule has 0 radical (unpaired) electrons. The maximum atomic E-state index is 3.77. The van der Waals surface area contributed by atoms with Gasteiger partial charge in [0.1, 0.15) is 0 Å². The Bertz CT molecular complexity index is 111. The first-order chi connectivity index (χ1) is 5.24. The Hall–Kier alpha value is -0.560. The van der Waals surface area contributed by atoms with Crippen LogP contribution in [0, 0.1) is 0 Å². The van der Waals surface area contributed by atoms with Gasteiger partial charge in [-0.25, -0.2) is 0 Å². The van der Waals surface area contributed by atoms with Crippen LogP contribution in [0.1, 0.15) is 13.8 Å². The molecule has 0 fully saturated rings. The van der Waals surface area contributed by atoms with E-state index in [2.05, 4.69) is 27.0 Å². The first-order valence-electron chi connectivity index (χ1n) is 4.31. The number of hydrogen-bond acceptors (Lipinski definition) is 0. The number of quaternary nitrogens is 1. The van der Waals surface area contributed by atoms with Crippen molar-refractivity contribution in [2.45, 2.75) is 13.8 Å². The van der Waals surface area contributed by atoms with Crippen LogP contribution in [0.15, 0.2) is 25.3 Å². The lowest BCUT2D eigenvalue weighted by Gasteiger charge is -2.34. The molecular weight excluding hydrogens is 134 g/mol. The summed E-state index contributed by atoms with van der Waals surface area (Å²) in [5.41, 5.74) is 0. The van der Waals surface area contributed by atoms with Crippen LogP contribution in [-0.2, 0) is 0 Å². The second-order valence-corrected chi connectivity index (χ2v) is 2.92. The highest BCUT2D eigenvalue weighted by atomic mass is 15.3. The molecule has 0 atom stereocenters. The Kier molecular flexibility index (Phi) is 4.88. The normalized spacial score (nSPS) is 11.1. The SMILES string of the molecule is C=CC[N+](CC)(CC)CC=C. The van der Waals surface area contributed by atoms with Gasteiger partial charge in [-0.2, -0.15) is 0 Å². The van der Waals surface area contributed by atoms with Crippen molar-refractivity contribution in [1.82, 2.24) is 0 Å². The monoisotopic (exact) mass is 154 g/mol. The van der Waals surface area contributed by atoms with Gasteiger partial charge in [0.2, 0.25) is 0 Å². The predicted molar refractivity (Wildman–Crippen MR) is 51.5 cm³/mol. The molecule has 0 aromatic rings. The van der Waals surface area contributed by atoms with Gasteiger partial charge in [-0.3, -0.25) is 0 Å². The second kappa shape index (κ2) is 5.14. The number of hydrogen-bond donors (Lipinski definition) is 0. The van der Waals surface area contributed by atoms with Crippen LogP contribution in [-0.4, -0.2) is 30.7 Å². The van der Waals surface area contributed by atoms with E-state index >= 15 is 0 Å². The van der Waals surface area contributed by atoms with Crippen LogP contribution >= 0.6 is 0 Å². The van der Waals surface area contributed by atoms with Crippen LogP contribution in [0.4, 0.5) is 0 Å². The predicted octanol–water partition coefficient (Wildman–Crippen LogP) is 2.21. The third-order valence-electron chi connectivity index (χ3n) is 2.37. The van der Waals surface area contributed by atoms with E-state index in [1.807, 2.05) is 12.2 Å². The highest BCUT2D eigenvalue weighted by molar-refractivity contribution is 4.71. The van der Waals surface area contributed by atoms with Crippen LogP contribution in [0.5, 0.6) is 0 Å². The number of likely N-dealkylation sites (N-methyl/N-ethyl adjacent to an activating group) is 1. The van der Waals surface area contributed by atoms with Gasteiger partial charge in [0.15, 0.2) is 0 Å². The van der Waals surface area contributed by atoms with Crippen molar-refractivity contribution in [2.75, 3.05) is 26.2 Å². The fourth-order valence-corrected chi connectivity index (χ4v) is 1.36. The van der Waals surface area contributed by atoms with E-state index in [0.717, 1.165) is 30.7 Å². The van der Waals surface area contributed by atoms with Crippen molar-refractivity contribution in [3.05, 3.63) is 25.3 Å². The maximum absolute atomic E-state index is 3.77. The van der Waals surface area contributed by atoms with Crippen LogP contribution in [0.2, 0.25) is 0 Å². The fourth-order valence-electron chi connectivity index (χ4n) is 1.36. The zero-order chi connectivity index (χ0) is 8.74. The van der Waals surface area contributed by atoms with Crippen LogP contribution in [0.3, 0.4) is 0 Å². The van der Waals surface area contributed by atoms with Crippen molar-refractivity contribution in [3.8, 4) is 0 Å². The minimum Gasteiger partial charge on any atom is -0.318 e. The lowest BCUT2D eigenvalue weighted by molar-refractivity contribution is -0.914. The summed E-state index contributed by atoms with van der Waals surface area (Å²) < 4.78 is 1.09. The average Bonchev–Trinajstić information content (AvgIpc) is 2.04. The summed E-state index contributed by atoms with van der Waals surface area (Å²) in [5, 5.41) is 0. The Morgan fingerprint density at radius 1 is 1.00 bits per heavy atom. The summed E-state index contributed by atoms with van der Waals surface area (Å²) >= 11 is 0. The zero-order valence-electron chi connectivity index (χ0n) is 7.84. The van der Waals surface area contributed by atoms with Crippen molar-refractivity contribution in [1.29, 1.82) is 0 Å². The van der Waals surface area contributed by atoms with Crippen molar-refractivity contribution in [2.24, 2.45) is 0 Å². The summed E-state index contributed by atoms with van der Waals surface area (Å²) in [7, 11) is 0. The molecule has 0 aliphatic heterocycles. The van der Waals surface area contributed by atoms with E-state index in [4.69, 9.17) is 0 Å². The number of rotatable bonds is 6. The minimum absolute atomic E-state index is 1.05. The third-order valence-corrected chi connectivity index (χ3v) is 2.37. The van der Waals surface area contributed by atoms with Crippen molar-refractivity contribution < 1.29 is 4.48 Å². The van der Waals surface area contributed by atoms with E-state index in [9.17, 15) is 0 Å². The molecule has 0 rings (SSSR count). The molecule has 1 heteroatoms. The summed E-state index contributed by atoms with van der Waals surface area (Å²) in [4.78, 5) is 0. The molecule has 1 nitrogen and oxygen atoms in total. The van der Waals surface area contributed by atoms with Gasteiger partial charge in [-0.1, -0.05) is 13.2 Å². The first-order valence-corrected chi connectivity index (χ1v) is 4.31. The summed E-state index contributed by atoms with van der Waals surface area (Å²) in [6, 6.07) is 0. The van der Waals surface area contributed by atoms with Crippen LogP contribution in [0.25, 0.3) is 0 Å². The highest BCUT2D eigenvalue weighted by Gasteiger charge is 2.18. The summed E-state index contributed by atoms with van der Waals surface area (Å²) in [5.74, 6) is 0. The molecule has 64 valence electrons.